The van der Waals surface area contributed by atoms with Crippen LogP contribution in [0.3, 0.4) is 0 Å². The summed E-state index contributed by atoms with van der Waals surface area (Å²) in [7, 11) is -3.58. The first-order valence-electron chi connectivity index (χ1n) is 8.66. The van der Waals surface area contributed by atoms with Crippen LogP contribution in [0.5, 0.6) is 0 Å². The molecular weight excluding hydrogens is 369 g/mol. The number of halogens is 1. The summed E-state index contributed by atoms with van der Waals surface area (Å²) in [5.41, 5.74) is 1.05. The van der Waals surface area contributed by atoms with Crippen molar-refractivity contribution in [2.24, 2.45) is 0 Å². The Morgan fingerprint density at radius 1 is 1.00 bits per heavy atom. The van der Waals surface area contributed by atoms with Gasteiger partial charge in [-0.15, -0.1) is 0 Å². The molecule has 0 saturated carbocycles. The Balaban J connectivity index is 1.81. The second-order valence-corrected chi connectivity index (χ2v) is 8.89. The molecule has 1 amide bonds. The van der Waals surface area contributed by atoms with Crippen LogP contribution in [0.1, 0.15) is 44.9 Å². The number of carbonyl (C=O) groups excluding carboxylic acids is 2. The van der Waals surface area contributed by atoms with Crippen LogP contribution in [0.25, 0.3) is 0 Å². The zero-order valence-electron chi connectivity index (χ0n) is 14.9. The lowest BCUT2D eigenvalue weighted by Gasteiger charge is -2.20. The van der Waals surface area contributed by atoms with Gasteiger partial charge in [0.2, 0.25) is 0 Å². The SMILES string of the molecule is CC(=O)c1ccc(C(=O)N2CCC(c3ccccc3F)S(=O)(=O)CC2)cc1. The summed E-state index contributed by atoms with van der Waals surface area (Å²) in [4.78, 5) is 25.6. The second-order valence-electron chi connectivity index (χ2n) is 6.59. The summed E-state index contributed by atoms with van der Waals surface area (Å²) in [6.45, 7) is 1.71. The Bertz CT molecular complexity index is 970. The van der Waals surface area contributed by atoms with Crippen molar-refractivity contribution in [1.29, 1.82) is 0 Å². The van der Waals surface area contributed by atoms with Crippen molar-refractivity contribution in [3.63, 3.8) is 0 Å². The van der Waals surface area contributed by atoms with Gasteiger partial charge in [0.05, 0.1) is 11.0 Å². The zero-order chi connectivity index (χ0) is 19.6. The second kappa shape index (κ2) is 7.60. The lowest BCUT2D eigenvalue weighted by atomic mass is 10.1. The highest BCUT2D eigenvalue weighted by Gasteiger charge is 2.34. The first-order chi connectivity index (χ1) is 12.8. The Hall–Kier alpha value is -2.54. The molecule has 1 atom stereocenters. The lowest BCUT2D eigenvalue weighted by molar-refractivity contribution is 0.0766. The fraction of sp³-hybridized carbons (Fsp3) is 0.300. The standard InChI is InChI=1S/C20H20FNO4S/c1-14(23)15-6-8-16(9-7-15)20(24)22-11-10-19(27(25,26)13-12-22)17-4-2-3-5-18(17)21/h2-9,19H,10-13H2,1H3. The number of Topliss-reactive ketones (excluding diaryl/α,β-unsaturated/α-hetero) is 1. The van der Waals surface area contributed by atoms with E-state index in [9.17, 15) is 22.4 Å². The van der Waals surface area contributed by atoms with Gasteiger partial charge in [0.15, 0.2) is 15.6 Å². The molecule has 1 aliphatic heterocycles. The largest absolute Gasteiger partial charge is 0.338 e. The van der Waals surface area contributed by atoms with Gasteiger partial charge in [-0.25, -0.2) is 12.8 Å². The van der Waals surface area contributed by atoms with Crippen LogP contribution in [0, 0.1) is 5.82 Å². The number of amides is 1. The van der Waals surface area contributed by atoms with E-state index in [0.29, 0.717) is 11.1 Å². The van der Waals surface area contributed by atoms with Crippen LogP contribution in [0.4, 0.5) is 4.39 Å². The monoisotopic (exact) mass is 389 g/mol. The molecule has 0 aromatic heterocycles. The normalized spacial score (nSPS) is 19.3. The van der Waals surface area contributed by atoms with Crippen LogP contribution in [-0.2, 0) is 9.84 Å². The fourth-order valence-corrected chi connectivity index (χ4v) is 5.06. The Morgan fingerprint density at radius 3 is 2.26 bits per heavy atom. The first kappa shape index (κ1) is 19.2. The topological polar surface area (TPSA) is 71.5 Å². The van der Waals surface area contributed by atoms with E-state index < -0.39 is 20.9 Å². The molecule has 0 bridgehead atoms. The number of hydrogen-bond donors (Lipinski definition) is 0. The Kier molecular flexibility index (Phi) is 5.41. The highest BCUT2D eigenvalue weighted by atomic mass is 32.2. The van der Waals surface area contributed by atoms with E-state index in [2.05, 4.69) is 0 Å². The van der Waals surface area contributed by atoms with Crippen LogP contribution in [0.2, 0.25) is 0 Å². The average Bonchev–Trinajstić information content (AvgIpc) is 2.80. The molecule has 1 aliphatic rings. The van der Waals surface area contributed by atoms with E-state index in [-0.39, 0.29) is 42.5 Å². The van der Waals surface area contributed by atoms with Gasteiger partial charge in [-0.05, 0) is 31.5 Å². The van der Waals surface area contributed by atoms with E-state index in [1.54, 1.807) is 30.3 Å². The molecule has 1 unspecified atom stereocenters. The molecule has 0 radical (unpaired) electrons. The summed E-state index contributed by atoms with van der Waals surface area (Å²) in [6, 6.07) is 12.1. The van der Waals surface area contributed by atoms with Crippen LogP contribution < -0.4 is 0 Å². The molecule has 0 aliphatic carbocycles. The van der Waals surface area contributed by atoms with Crippen molar-refractivity contribution in [3.05, 3.63) is 71.0 Å². The van der Waals surface area contributed by atoms with Gasteiger partial charge in [0, 0.05) is 29.8 Å². The highest BCUT2D eigenvalue weighted by molar-refractivity contribution is 7.91. The molecule has 7 heteroatoms. The molecule has 0 spiro atoms. The lowest BCUT2D eigenvalue weighted by Crippen LogP contribution is -2.33. The van der Waals surface area contributed by atoms with Crippen LogP contribution >= 0.6 is 0 Å². The number of rotatable bonds is 3. The number of ketones is 1. The van der Waals surface area contributed by atoms with Gasteiger partial charge in [-0.2, -0.15) is 0 Å². The highest BCUT2D eigenvalue weighted by Crippen LogP contribution is 2.31. The number of sulfone groups is 1. The van der Waals surface area contributed by atoms with Gasteiger partial charge in [-0.1, -0.05) is 30.3 Å². The molecule has 27 heavy (non-hydrogen) atoms. The number of hydrogen-bond acceptors (Lipinski definition) is 4. The maximum absolute atomic E-state index is 14.1. The molecule has 2 aromatic rings. The summed E-state index contributed by atoms with van der Waals surface area (Å²) >= 11 is 0. The minimum atomic E-state index is -3.58. The molecule has 0 N–H and O–H groups in total. The molecule has 1 fully saturated rings. The van der Waals surface area contributed by atoms with Crippen molar-refractivity contribution in [2.75, 3.05) is 18.8 Å². The summed E-state index contributed by atoms with van der Waals surface area (Å²) in [5, 5.41) is -0.961. The molecule has 5 nitrogen and oxygen atoms in total. The smallest absolute Gasteiger partial charge is 0.253 e. The Morgan fingerprint density at radius 2 is 1.63 bits per heavy atom. The molecular formula is C20H20FNO4S. The third-order valence-corrected chi connectivity index (χ3v) is 6.93. The van der Waals surface area contributed by atoms with Crippen LogP contribution in [-0.4, -0.2) is 43.9 Å². The minimum absolute atomic E-state index is 0.0561. The van der Waals surface area contributed by atoms with Crippen LogP contribution in [0.15, 0.2) is 48.5 Å². The number of benzene rings is 2. The third-order valence-electron chi connectivity index (χ3n) is 4.82. The van der Waals surface area contributed by atoms with Gasteiger partial charge in [0.1, 0.15) is 5.82 Å². The third kappa shape index (κ3) is 4.08. The predicted octanol–water partition coefficient (Wildman–Crippen LogP) is 3.03. The maximum atomic E-state index is 14.1. The summed E-state index contributed by atoms with van der Waals surface area (Å²) in [6.07, 6.45) is 0.139. The molecule has 2 aromatic carbocycles. The quantitative estimate of drug-likeness (QED) is 0.757. The van der Waals surface area contributed by atoms with Crippen molar-refractivity contribution in [3.8, 4) is 0 Å². The van der Waals surface area contributed by atoms with E-state index >= 15 is 0 Å². The zero-order valence-corrected chi connectivity index (χ0v) is 15.7. The van der Waals surface area contributed by atoms with Crippen molar-refractivity contribution in [1.82, 2.24) is 4.90 Å². The molecule has 3 rings (SSSR count). The first-order valence-corrected chi connectivity index (χ1v) is 10.4. The van der Waals surface area contributed by atoms with Gasteiger partial charge >= 0.3 is 0 Å². The van der Waals surface area contributed by atoms with E-state index in [0.717, 1.165) is 0 Å². The summed E-state index contributed by atoms with van der Waals surface area (Å²) < 4.78 is 39.4. The van der Waals surface area contributed by atoms with Gasteiger partial charge in [-0.3, -0.25) is 9.59 Å². The predicted molar refractivity (Wildman–Crippen MR) is 99.9 cm³/mol. The number of carbonyl (C=O) groups is 2. The maximum Gasteiger partial charge on any atom is 0.253 e. The van der Waals surface area contributed by atoms with E-state index in [1.165, 1.54) is 30.0 Å². The minimum Gasteiger partial charge on any atom is -0.338 e. The fourth-order valence-electron chi connectivity index (χ4n) is 3.26. The van der Waals surface area contributed by atoms with Crippen molar-refractivity contribution < 1.29 is 22.4 Å². The van der Waals surface area contributed by atoms with E-state index in [4.69, 9.17) is 0 Å². The van der Waals surface area contributed by atoms with Gasteiger partial charge in [0.25, 0.3) is 5.91 Å². The van der Waals surface area contributed by atoms with E-state index in [1.807, 2.05) is 0 Å². The van der Waals surface area contributed by atoms with Crippen molar-refractivity contribution in [2.45, 2.75) is 18.6 Å². The molecule has 142 valence electrons. The average molecular weight is 389 g/mol. The molecule has 1 saturated heterocycles. The van der Waals surface area contributed by atoms with Crippen molar-refractivity contribution >= 4 is 21.5 Å². The Labute approximate surface area is 157 Å². The van der Waals surface area contributed by atoms with Gasteiger partial charge < -0.3 is 4.90 Å². The molecule has 1 heterocycles. The summed E-state index contributed by atoms with van der Waals surface area (Å²) in [5.74, 6) is -1.16. The number of nitrogens with zero attached hydrogens (tertiary/aromatic N) is 1.